The van der Waals surface area contributed by atoms with Crippen molar-refractivity contribution in [1.29, 1.82) is 0 Å². The first-order chi connectivity index (χ1) is 7.22. The maximum absolute atomic E-state index is 12.8. The molecule has 0 aliphatic carbocycles. The number of halogens is 1. The van der Waals surface area contributed by atoms with Crippen molar-refractivity contribution in [2.75, 3.05) is 6.61 Å². The van der Waals surface area contributed by atoms with Gasteiger partial charge in [-0.1, -0.05) is 0 Å². The Bertz CT molecular complexity index is 551. The normalized spacial score (nSPS) is 10.8. The van der Waals surface area contributed by atoms with E-state index in [1.165, 1.54) is 29.1 Å². The van der Waals surface area contributed by atoms with Gasteiger partial charge in [-0.2, -0.15) is 0 Å². The number of aliphatic hydroxyl groups excluding tert-OH is 1. The van der Waals surface area contributed by atoms with Crippen molar-refractivity contribution in [1.82, 2.24) is 9.55 Å². The van der Waals surface area contributed by atoms with E-state index in [1.54, 1.807) is 0 Å². The quantitative estimate of drug-likeness (QED) is 0.783. The van der Waals surface area contributed by atoms with Crippen LogP contribution in [-0.2, 0) is 6.54 Å². The molecule has 0 spiro atoms. The molecule has 1 heterocycles. The van der Waals surface area contributed by atoms with Gasteiger partial charge in [-0.25, -0.2) is 9.37 Å². The van der Waals surface area contributed by atoms with Gasteiger partial charge in [-0.05, 0) is 12.1 Å². The van der Waals surface area contributed by atoms with Gasteiger partial charge in [0.2, 0.25) is 0 Å². The minimum atomic E-state index is -0.422. The highest BCUT2D eigenvalue weighted by molar-refractivity contribution is 5.77. The third-order valence-corrected chi connectivity index (χ3v) is 2.13. The van der Waals surface area contributed by atoms with Crippen LogP contribution >= 0.6 is 0 Å². The van der Waals surface area contributed by atoms with Crippen LogP contribution in [0.2, 0.25) is 0 Å². The second-order valence-corrected chi connectivity index (χ2v) is 3.13. The summed E-state index contributed by atoms with van der Waals surface area (Å²) in [6.07, 6.45) is 1.31. The maximum atomic E-state index is 12.8. The number of aromatic nitrogens is 2. The number of rotatable bonds is 2. The van der Waals surface area contributed by atoms with Crippen LogP contribution in [0.15, 0.2) is 29.3 Å². The zero-order valence-corrected chi connectivity index (χ0v) is 7.85. The Hall–Kier alpha value is -1.75. The second-order valence-electron chi connectivity index (χ2n) is 3.13. The number of aliphatic hydroxyl groups is 1. The van der Waals surface area contributed by atoms with Crippen LogP contribution in [-0.4, -0.2) is 21.3 Å². The van der Waals surface area contributed by atoms with Gasteiger partial charge in [0.15, 0.2) is 0 Å². The first kappa shape index (κ1) is 9.79. The highest BCUT2D eigenvalue weighted by atomic mass is 19.1. The van der Waals surface area contributed by atoms with E-state index in [4.69, 9.17) is 5.11 Å². The predicted molar refractivity (Wildman–Crippen MR) is 53.0 cm³/mol. The fourth-order valence-electron chi connectivity index (χ4n) is 1.40. The summed E-state index contributed by atoms with van der Waals surface area (Å²) in [4.78, 5) is 15.7. The minimum absolute atomic E-state index is 0.131. The van der Waals surface area contributed by atoms with Crippen molar-refractivity contribution in [2.45, 2.75) is 6.54 Å². The van der Waals surface area contributed by atoms with Crippen molar-refractivity contribution in [3.05, 3.63) is 40.7 Å². The predicted octanol–water partition coefficient (Wildman–Crippen LogP) is 0.528. The molecule has 0 radical (unpaired) electrons. The minimum Gasteiger partial charge on any atom is -0.395 e. The summed E-state index contributed by atoms with van der Waals surface area (Å²) in [6.45, 7) is 0.0629. The van der Waals surface area contributed by atoms with Crippen LogP contribution in [0.5, 0.6) is 0 Å². The third kappa shape index (κ3) is 1.73. The molecule has 0 aliphatic rings. The van der Waals surface area contributed by atoms with E-state index in [9.17, 15) is 9.18 Å². The van der Waals surface area contributed by atoms with Crippen molar-refractivity contribution in [3.8, 4) is 0 Å². The monoisotopic (exact) mass is 208 g/mol. The van der Waals surface area contributed by atoms with Crippen LogP contribution in [0.25, 0.3) is 10.9 Å². The largest absolute Gasteiger partial charge is 0.395 e. The molecule has 0 unspecified atom stereocenters. The van der Waals surface area contributed by atoms with E-state index in [1.807, 2.05) is 0 Å². The van der Waals surface area contributed by atoms with Gasteiger partial charge >= 0.3 is 0 Å². The highest BCUT2D eigenvalue weighted by Crippen LogP contribution is 2.08. The average Bonchev–Trinajstić information content (AvgIpc) is 2.22. The lowest BCUT2D eigenvalue weighted by molar-refractivity contribution is 0.274. The molecule has 78 valence electrons. The Balaban J connectivity index is 2.69. The number of hydrogen-bond donors (Lipinski definition) is 1. The molecule has 1 N–H and O–H groups in total. The number of nitrogens with zero attached hydrogens (tertiary/aromatic N) is 2. The molecule has 0 saturated carbocycles. The van der Waals surface area contributed by atoms with Gasteiger partial charge in [0.25, 0.3) is 5.56 Å². The molecule has 2 rings (SSSR count). The van der Waals surface area contributed by atoms with E-state index in [0.717, 1.165) is 0 Å². The van der Waals surface area contributed by atoms with Crippen LogP contribution in [0, 0.1) is 5.82 Å². The molecule has 4 nitrogen and oxygen atoms in total. The van der Waals surface area contributed by atoms with E-state index in [0.29, 0.717) is 10.9 Å². The molecule has 0 saturated heterocycles. The molecule has 0 aliphatic heterocycles. The number of benzene rings is 1. The summed E-state index contributed by atoms with van der Waals surface area (Å²) < 4.78 is 14.1. The maximum Gasteiger partial charge on any atom is 0.261 e. The Kier molecular flexibility index (Phi) is 2.47. The van der Waals surface area contributed by atoms with E-state index in [2.05, 4.69) is 4.98 Å². The molecule has 0 atom stereocenters. The van der Waals surface area contributed by atoms with Crippen molar-refractivity contribution < 1.29 is 9.50 Å². The number of hydrogen-bond acceptors (Lipinski definition) is 3. The second kappa shape index (κ2) is 3.78. The van der Waals surface area contributed by atoms with Gasteiger partial charge in [0.1, 0.15) is 5.82 Å². The highest BCUT2D eigenvalue weighted by Gasteiger charge is 2.04. The lowest BCUT2D eigenvalue weighted by Gasteiger charge is -2.03. The molecule has 5 heteroatoms. The van der Waals surface area contributed by atoms with Crippen LogP contribution in [0.1, 0.15) is 0 Å². The third-order valence-electron chi connectivity index (χ3n) is 2.13. The van der Waals surface area contributed by atoms with Gasteiger partial charge in [-0.3, -0.25) is 9.36 Å². The lowest BCUT2D eigenvalue weighted by atomic mass is 10.2. The Morgan fingerprint density at radius 1 is 1.47 bits per heavy atom. The Labute approximate surface area is 84.6 Å². The van der Waals surface area contributed by atoms with Crippen LogP contribution < -0.4 is 5.56 Å². The SMILES string of the molecule is O=c1c2ccc(F)cc2ncn1CCO. The smallest absolute Gasteiger partial charge is 0.261 e. The summed E-state index contributed by atoms with van der Waals surface area (Å²) in [6, 6.07) is 3.82. The average molecular weight is 208 g/mol. The summed E-state index contributed by atoms with van der Waals surface area (Å²) in [7, 11) is 0. The summed E-state index contributed by atoms with van der Waals surface area (Å²) >= 11 is 0. The zero-order valence-electron chi connectivity index (χ0n) is 7.85. The summed E-state index contributed by atoms with van der Waals surface area (Å²) in [5.41, 5.74) is 0.0586. The van der Waals surface area contributed by atoms with Gasteiger partial charge < -0.3 is 5.11 Å². The van der Waals surface area contributed by atoms with Crippen LogP contribution in [0.3, 0.4) is 0 Å². The van der Waals surface area contributed by atoms with E-state index >= 15 is 0 Å². The van der Waals surface area contributed by atoms with Gasteiger partial charge in [0, 0.05) is 6.07 Å². The van der Waals surface area contributed by atoms with E-state index < -0.39 is 5.82 Å². The molecule has 0 bridgehead atoms. The van der Waals surface area contributed by atoms with Gasteiger partial charge in [-0.15, -0.1) is 0 Å². The fourth-order valence-corrected chi connectivity index (χ4v) is 1.40. The van der Waals surface area contributed by atoms with Gasteiger partial charge in [0.05, 0.1) is 30.4 Å². The lowest BCUT2D eigenvalue weighted by Crippen LogP contribution is -2.22. The fraction of sp³-hybridized carbons (Fsp3) is 0.200. The summed E-state index contributed by atoms with van der Waals surface area (Å²) in [5.74, 6) is -0.422. The Morgan fingerprint density at radius 2 is 2.27 bits per heavy atom. The molecule has 0 fully saturated rings. The molecular formula is C10H9FN2O2. The topological polar surface area (TPSA) is 55.1 Å². The van der Waals surface area contributed by atoms with Crippen molar-refractivity contribution in [3.63, 3.8) is 0 Å². The standard InChI is InChI=1S/C10H9FN2O2/c11-7-1-2-8-9(5-7)12-6-13(3-4-14)10(8)15/h1-2,5-6,14H,3-4H2. The molecule has 0 amide bonds. The molecular weight excluding hydrogens is 199 g/mol. The van der Waals surface area contributed by atoms with Crippen molar-refractivity contribution >= 4 is 10.9 Å². The zero-order chi connectivity index (χ0) is 10.8. The van der Waals surface area contributed by atoms with Crippen molar-refractivity contribution in [2.24, 2.45) is 0 Å². The molecule has 1 aromatic heterocycles. The molecule has 2 aromatic rings. The molecule has 15 heavy (non-hydrogen) atoms. The number of fused-ring (bicyclic) bond motifs is 1. The van der Waals surface area contributed by atoms with Crippen LogP contribution in [0.4, 0.5) is 4.39 Å². The first-order valence-corrected chi connectivity index (χ1v) is 4.48. The van der Waals surface area contributed by atoms with E-state index in [-0.39, 0.29) is 18.7 Å². The Morgan fingerprint density at radius 3 is 3.00 bits per heavy atom. The first-order valence-electron chi connectivity index (χ1n) is 4.48. The molecule has 1 aromatic carbocycles. The summed E-state index contributed by atoms with van der Waals surface area (Å²) in [5, 5.41) is 9.07.